The number of carbonyl (C=O) groups excluding carboxylic acids is 1. The van der Waals surface area contributed by atoms with E-state index in [1.54, 1.807) is 24.4 Å². The van der Waals surface area contributed by atoms with Crippen molar-refractivity contribution in [3.63, 3.8) is 0 Å². The summed E-state index contributed by atoms with van der Waals surface area (Å²) in [5.41, 5.74) is -0.0338. The molecule has 0 unspecified atom stereocenters. The van der Waals surface area contributed by atoms with Crippen LogP contribution in [-0.2, 0) is 15.2 Å². The highest BCUT2D eigenvalue weighted by Gasteiger charge is 2.49. The first-order valence-electron chi connectivity index (χ1n) is 13.1. The molecule has 5 rings (SSSR count). The van der Waals surface area contributed by atoms with E-state index in [1.807, 2.05) is 32.9 Å². The summed E-state index contributed by atoms with van der Waals surface area (Å²) in [5.74, 6) is 0.791. The number of methoxy groups -OCH3 is 1. The quantitative estimate of drug-likeness (QED) is 0.286. The van der Waals surface area contributed by atoms with Crippen LogP contribution in [0, 0.1) is 19.7 Å². The molecule has 1 aliphatic carbocycles. The molecule has 4 heterocycles. The van der Waals surface area contributed by atoms with E-state index in [1.165, 1.54) is 18.0 Å². The van der Waals surface area contributed by atoms with Crippen LogP contribution in [0.5, 0.6) is 0 Å². The maximum Gasteiger partial charge on any atom is 0.252 e. The van der Waals surface area contributed by atoms with Crippen LogP contribution in [0.15, 0.2) is 48.9 Å². The first kappa shape index (κ1) is 27.4. The Bertz CT molecular complexity index is 1490. The van der Waals surface area contributed by atoms with Crippen molar-refractivity contribution in [3.05, 3.63) is 77.3 Å². The zero-order valence-corrected chi connectivity index (χ0v) is 22.8. The summed E-state index contributed by atoms with van der Waals surface area (Å²) in [7, 11) is 1.48. The van der Waals surface area contributed by atoms with E-state index in [-0.39, 0.29) is 37.6 Å². The van der Waals surface area contributed by atoms with Crippen LogP contribution in [-0.4, -0.2) is 48.6 Å². The maximum absolute atomic E-state index is 16.3. The number of pyridine rings is 2. The fourth-order valence-corrected chi connectivity index (χ4v) is 5.03. The van der Waals surface area contributed by atoms with Crippen molar-refractivity contribution in [1.29, 1.82) is 0 Å². The molecular formula is C28H32F2N8O2. The number of aromatic nitrogens is 6. The van der Waals surface area contributed by atoms with Gasteiger partial charge in [0.2, 0.25) is 0 Å². The molecule has 4 aromatic rings. The van der Waals surface area contributed by atoms with Gasteiger partial charge in [0.15, 0.2) is 23.1 Å². The average Bonchev–Trinajstić information content (AvgIpc) is 3.56. The smallest absolute Gasteiger partial charge is 0.252 e. The standard InChI is InChI=1S/C28H32F2N8O2/c1-17-11-22(34-23(12-17)35-24-13-18(2)36-37-24)27(30)7-9-28(40-4,10-8-27)26(39)33-19(3)20-5-6-25(31-14-20)38-16-21(29)15-32-38/h5-6,11-16,19H,7-10H2,1-4H3,(H,33,39)(H2,34,35,36,37)/t19-,27-,28-/m0/s1. The van der Waals surface area contributed by atoms with Gasteiger partial charge in [-0.05, 0) is 75.8 Å². The maximum atomic E-state index is 16.3. The van der Waals surface area contributed by atoms with Gasteiger partial charge in [0.1, 0.15) is 11.4 Å². The van der Waals surface area contributed by atoms with Gasteiger partial charge in [-0.2, -0.15) is 10.2 Å². The van der Waals surface area contributed by atoms with Crippen molar-refractivity contribution < 1.29 is 18.3 Å². The number of halogens is 2. The molecule has 0 aromatic carbocycles. The lowest BCUT2D eigenvalue weighted by Crippen LogP contribution is -2.52. The number of nitrogens with zero attached hydrogens (tertiary/aromatic N) is 5. The van der Waals surface area contributed by atoms with Gasteiger partial charge in [0, 0.05) is 25.1 Å². The van der Waals surface area contributed by atoms with E-state index in [9.17, 15) is 9.18 Å². The molecule has 0 saturated heterocycles. The molecule has 1 aliphatic rings. The molecule has 40 heavy (non-hydrogen) atoms. The van der Waals surface area contributed by atoms with Crippen LogP contribution in [0.4, 0.5) is 20.4 Å². The second-order valence-corrected chi connectivity index (χ2v) is 10.4. The SMILES string of the molecule is CO[C@]1(C(=O)N[C@@H](C)c2ccc(-n3cc(F)cn3)nc2)CC[C@](F)(c2cc(C)cc(Nc3cc(C)[nH]n3)n2)CC1. The Hall–Kier alpha value is -4.19. The van der Waals surface area contributed by atoms with Crippen LogP contribution >= 0.6 is 0 Å². The lowest BCUT2D eigenvalue weighted by Gasteiger charge is -2.41. The third kappa shape index (κ3) is 5.57. The van der Waals surface area contributed by atoms with E-state index in [4.69, 9.17) is 4.74 Å². The van der Waals surface area contributed by atoms with Crippen molar-refractivity contribution in [1.82, 2.24) is 35.3 Å². The van der Waals surface area contributed by atoms with E-state index in [0.29, 0.717) is 23.1 Å². The van der Waals surface area contributed by atoms with Crippen molar-refractivity contribution in [2.75, 3.05) is 12.4 Å². The summed E-state index contributed by atoms with van der Waals surface area (Å²) >= 11 is 0. The van der Waals surface area contributed by atoms with Gasteiger partial charge in [0.05, 0.1) is 24.1 Å². The Morgan fingerprint density at radius 3 is 2.50 bits per heavy atom. The van der Waals surface area contributed by atoms with Gasteiger partial charge in [0.25, 0.3) is 5.91 Å². The monoisotopic (exact) mass is 550 g/mol. The molecule has 10 nitrogen and oxygen atoms in total. The van der Waals surface area contributed by atoms with Crippen molar-refractivity contribution in [3.8, 4) is 5.82 Å². The molecule has 4 aromatic heterocycles. The van der Waals surface area contributed by atoms with Crippen LogP contribution < -0.4 is 10.6 Å². The highest BCUT2D eigenvalue weighted by molar-refractivity contribution is 5.85. The Labute approximate surface area is 230 Å². The molecule has 1 fully saturated rings. The van der Waals surface area contributed by atoms with Crippen molar-refractivity contribution in [2.45, 2.75) is 63.8 Å². The molecule has 1 amide bonds. The molecule has 0 aliphatic heterocycles. The van der Waals surface area contributed by atoms with Gasteiger partial charge in [-0.25, -0.2) is 23.4 Å². The fourth-order valence-electron chi connectivity index (χ4n) is 5.03. The minimum absolute atomic E-state index is 0.0801. The molecule has 0 bridgehead atoms. The number of alkyl halides is 1. The summed E-state index contributed by atoms with van der Waals surface area (Å²) in [4.78, 5) is 22.3. The van der Waals surface area contributed by atoms with Crippen LogP contribution in [0.3, 0.4) is 0 Å². The summed E-state index contributed by atoms with van der Waals surface area (Å²) in [6.45, 7) is 5.62. The number of ether oxygens (including phenoxy) is 1. The third-order valence-corrected chi connectivity index (χ3v) is 7.45. The van der Waals surface area contributed by atoms with Gasteiger partial charge in [-0.15, -0.1) is 0 Å². The summed E-state index contributed by atoms with van der Waals surface area (Å²) < 4.78 is 36.6. The lowest BCUT2D eigenvalue weighted by molar-refractivity contribution is -0.153. The molecule has 210 valence electrons. The number of aryl methyl sites for hydroxylation is 2. The number of rotatable bonds is 8. The second kappa shape index (κ2) is 10.8. The number of hydrogen-bond donors (Lipinski definition) is 3. The van der Waals surface area contributed by atoms with E-state index < -0.39 is 17.1 Å². The number of nitrogens with one attached hydrogen (secondary N) is 3. The number of H-pyrrole nitrogens is 1. The highest BCUT2D eigenvalue weighted by Crippen LogP contribution is 2.45. The van der Waals surface area contributed by atoms with Gasteiger partial charge in [-0.3, -0.25) is 9.89 Å². The zero-order chi connectivity index (χ0) is 28.5. The van der Waals surface area contributed by atoms with Crippen LogP contribution in [0.1, 0.15) is 61.2 Å². The molecular weight excluding hydrogens is 518 g/mol. The molecule has 1 atom stereocenters. The average molecular weight is 551 g/mol. The second-order valence-electron chi connectivity index (χ2n) is 10.4. The fraction of sp³-hybridized carbons (Fsp3) is 0.393. The number of carbonyl (C=O) groups is 1. The van der Waals surface area contributed by atoms with E-state index in [0.717, 1.165) is 23.0 Å². The molecule has 0 spiro atoms. The molecule has 12 heteroatoms. The lowest BCUT2D eigenvalue weighted by atomic mass is 9.74. The minimum Gasteiger partial charge on any atom is -0.368 e. The minimum atomic E-state index is -1.70. The Morgan fingerprint density at radius 1 is 1.12 bits per heavy atom. The normalized spacial score (nSPS) is 21.6. The van der Waals surface area contributed by atoms with Gasteiger partial charge < -0.3 is 15.4 Å². The largest absolute Gasteiger partial charge is 0.368 e. The van der Waals surface area contributed by atoms with Gasteiger partial charge >= 0.3 is 0 Å². The third-order valence-electron chi connectivity index (χ3n) is 7.45. The summed E-state index contributed by atoms with van der Waals surface area (Å²) in [6, 6.07) is 8.52. The zero-order valence-electron chi connectivity index (χ0n) is 22.8. The van der Waals surface area contributed by atoms with Crippen LogP contribution in [0.2, 0.25) is 0 Å². The van der Waals surface area contributed by atoms with E-state index in [2.05, 4.69) is 35.9 Å². The molecule has 3 N–H and O–H groups in total. The van der Waals surface area contributed by atoms with Crippen molar-refractivity contribution >= 4 is 17.5 Å². The number of aromatic amines is 1. The predicted molar refractivity (Wildman–Crippen MR) is 144 cm³/mol. The Morgan fingerprint density at radius 2 is 1.90 bits per heavy atom. The predicted octanol–water partition coefficient (Wildman–Crippen LogP) is 4.89. The Kier molecular flexibility index (Phi) is 7.37. The first-order valence-corrected chi connectivity index (χ1v) is 13.1. The number of hydrogen-bond acceptors (Lipinski definition) is 7. The van der Waals surface area contributed by atoms with E-state index >= 15 is 4.39 Å². The van der Waals surface area contributed by atoms with Crippen molar-refractivity contribution in [2.24, 2.45) is 0 Å². The number of amides is 1. The highest BCUT2D eigenvalue weighted by atomic mass is 19.1. The van der Waals surface area contributed by atoms with Crippen LogP contribution in [0.25, 0.3) is 5.82 Å². The Balaban J connectivity index is 1.25. The molecule has 0 radical (unpaired) electrons. The number of anilines is 2. The molecule has 1 saturated carbocycles. The van der Waals surface area contributed by atoms with Gasteiger partial charge in [-0.1, -0.05) is 6.07 Å². The summed E-state index contributed by atoms with van der Waals surface area (Å²) in [6.07, 6.45) is 4.48. The first-order chi connectivity index (χ1) is 19.1. The topological polar surface area (TPSA) is 123 Å². The summed E-state index contributed by atoms with van der Waals surface area (Å²) in [5, 5.41) is 17.0.